The predicted molar refractivity (Wildman–Crippen MR) is 135 cm³/mol. The molecule has 1 aromatic heterocycles. The van der Waals surface area contributed by atoms with Crippen LogP contribution < -0.4 is 5.43 Å². The van der Waals surface area contributed by atoms with Crippen LogP contribution in [0.2, 0.25) is 0 Å². The Balaban J connectivity index is 1.09. The average molecular weight is 480 g/mol. The van der Waals surface area contributed by atoms with Crippen LogP contribution in [0.15, 0.2) is 30.3 Å². The van der Waals surface area contributed by atoms with Crippen LogP contribution in [-0.4, -0.2) is 114 Å². The first kappa shape index (κ1) is 21.1. The number of hydrogen-bond donors (Lipinski definition) is 2. The van der Waals surface area contributed by atoms with Crippen molar-refractivity contribution < 1.29 is 10.9 Å². The Bertz CT molecular complexity index is 1100. The van der Waals surface area contributed by atoms with E-state index in [1.165, 1.54) is 12.8 Å². The van der Waals surface area contributed by atoms with Gasteiger partial charge in [0.2, 0.25) is 0 Å². The van der Waals surface area contributed by atoms with Gasteiger partial charge in [-0.3, -0.25) is 20.0 Å². The number of amides is 1. The molecule has 1 aromatic carbocycles. The lowest BCUT2D eigenvalue weighted by Gasteiger charge is -2.39. The van der Waals surface area contributed by atoms with E-state index in [4.69, 9.17) is 4.74 Å². The van der Waals surface area contributed by atoms with Crippen LogP contribution in [-0.2, 0) is 4.74 Å². The number of hydrazine groups is 1. The minimum Gasteiger partial charge on any atom is -0.379 e. The molecule has 35 heavy (non-hydrogen) atoms. The summed E-state index contributed by atoms with van der Waals surface area (Å²) in [6.07, 6.45) is 4.52. The number of para-hydroxylation sites is 1. The van der Waals surface area contributed by atoms with Gasteiger partial charge in [0, 0.05) is 88.1 Å². The highest BCUT2D eigenvalue weighted by Crippen LogP contribution is 2.48. The van der Waals surface area contributed by atoms with E-state index in [9.17, 15) is 6.17 Å². The van der Waals surface area contributed by atoms with Gasteiger partial charge >= 0.3 is 0 Å². The monoisotopic (exact) mass is 479 g/mol. The number of hydrogen-bond acceptors (Lipinski definition) is 6. The van der Waals surface area contributed by atoms with Gasteiger partial charge in [-0.05, 0) is 37.8 Å². The fourth-order valence-electron chi connectivity index (χ4n) is 6.84. The minimum atomic E-state index is -0.721. The first-order valence-corrected chi connectivity index (χ1v) is 13.5. The summed E-state index contributed by atoms with van der Waals surface area (Å²) in [5.74, 6) is 0.155. The molecule has 5 heterocycles. The Kier molecular flexibility index (Phi) is 5.35. The van der Waals surface area contributed by atoms with Gasteiger partial charge in [-0.15, -0.1) is 0 Å². The summed E-state index contributed by atoms with van der Waals surface area (Å²) >= 11 is 0. The van der Waals surface area contributed by atoms with Crippen molar-refractivity contribution in [3.05, 3.63) is 36.0 Å². The van der Waals surface area contributed by atoms with Crippen molar-refractivity contribution in [2.75, 3.05) is 65.6 Å². The van der Waals surface area contributed by atoms with Crippen LogP contribution in [0.25, 0.3) is 10.9 Å². The normalized spacial score (nSPS) is 33.9. The van der Waals surface area contributed by atoms with Crippen LogP contribution >= 0.6 is 0 Å². The van der Waals surface area contributed by atoms with Crippen LogP contribution in [0, 0.1) is 5.92 Å². The minimum absolute atomic E-state index is 0.0585. The molecule has 5 fully saturated rings. The van der Waals surface area contributed by atoms with Crippen LogP contribution in [0.4, 0.5) is 0 Å². The molecule has 1 amide bonds. The van der Waals surface area contributed by atoms with Crippen molar-refractivity contribution in [2.24, 2.45) is 5.92 Å². The summed E-state index contributed by atoms with van der Waals surface area (Å²) in [6.45, 7) is 8.78. The predicted octanol–water partition coefficient (Wildman–Crippen LogP) is 1.76. The maximum Gasteiger partial charge on any atom is 0.270 e. The number of morpholine rings is 1. The number of piperidine rings is 1. The largest absolute Gasteiger partial charge is 0.379 e. The Hall–Kier alpha value is -1.97. The van der Waals surface area contributed by atoms with E-state index in [0.29, 0.717) is 12.2 Å². The average Bonchev–Trinajstić information content (AvgIpc) is 3.51. The first-order chi connectivity index (χ1) is 17.5. The fourth-order valence-corrected chi connectivity index (χ4v) is 6.84. The van der Waals surface area contributed by atoms with E-state index >= 15 is 0 Å². The van der Waals surface area contributed by atoms with Gasteiger partial charge in [-0.25, -0.2) is 5.01 Å². The second kappa shape index (κ2) is 8.85. The van der Waals surface area contributed by atoms with Gasteiger partial charge in [0.25, 0.3) is 5.91 Å². The van der Waals surface area contributed by atoms with E-state index in [-0.39, 0.29) is 23.4 Å². The molecule has 188 valence electrons. The molecule has 1 aliphatic carbocycles. The molecule has 8 heteroatoms. The lowest BCUT2D eigenvalue weighted by molar-refractivity contribution is 0.0279. The van der Waals surface area contributed by atoms with Crippen LogP contribution in [0.3, 0.4) is 0 Å². The Morgan fingerprint density at radius 2 is 1.94 bits per heavy atom. The third kappa shape index (κ3) is 4.09. The zero-order valence-corrected chi connectivity index (χ0v) is 20.5. The maximum atomic E-state index is 13.5. The van der Waals surface area contributed by atoms with Crippen molar-refractivity contribution in [3.8, 4) is 0 Å². The number of carbonyl (C=O) groups is 1. The number of likely N-dealkylation sites (tertiary alicyclic amines) is 1. The van der Waals surface area contributed by atoms with Crippen molar-refractivity contribution in [1.29, 1.82) is 0 Å². The molecule has 1 spiro atoms. The molecule has 3 atom stereocenters. The van der Waals surface area contributed by atoms with E-state index in [2.05, 4.69) is 25.2 Å². The number of benzene rings is 1. The number of rotatable bonds is 4. The van der Waals surface area contributed by atoms with Gasteiger partial charge in [0.1, 0.15) is 5.69 Å². The Morgan fingerprint density at radius 3 is 2.77 bits per heavy atom. The Labute approximate surface area is 208 Å². The number of ether oxygens (including phenoxy) is 1. The summed E-state index contributed by atoms with van der Waals surface area (Å²) in [5.41, 5.74) is 5.66. The highest BCUT2D eigenvalue weighted by Gasteiger charge is 2.54. The van der Waals surface area contributed by atoms with Gasteiger partial charge in [0.05, 0.1) is 13.2 Å². The van der Waals surface area contributed by atoms with Crippen molar-refractivity contribution >= 4 is 16.8 Å². The highest BCUT2D eigenvalue weighted by atomic mass is 16.5. The molecule has 4 aliphatic heterocycles. The first-order valence-electron chi connectivity index (χ1n) is 14.0. The molecule has 0 radical (unpaired) electrons. The number of fused-ring (bicyclic) bond motifs is 4. The summed E-state index contributed by atoms with van der Waals surface area (Å²) in [7, 11) is 0. The number of carbonyl (C=O) groups excluding carboxylic acids is 1. The second-order valence-corrected chi connectivity index (χ2v) is 11.1. The second-order valence-electron chi connectivity index (χ2n) is 11.1. The van der Waals surface area contributed by atoms with E-state index in [0.717, 1.165) is 82.8 Å². The van der Waals surface area contributed by atoms with Gasteiger partial charge in [0.15, 0.2) is 0 Å². The topological polar surface area (TPSA) is 67.1 Å². The SMILES string of the molecule is [2H]C12CN(CCN3CCOCC3)C3(CCN1NC1CCN(C(=O)c4cc5ccccc5[nH]4)CC12)CC3. The number of aromatic amines is 1. The number of H-pyrrole nitrogens is 1. The van der Waals surface area contributed by atoms with Gasteiger partial charge in [-0.2, -0.15) is 0 Å². The molecule has 7 rings (SSSR count). The highest BCUT2D eigenvalue weighted by molar-refractivity contribution is 5.98. The van der Waals surface area contributed by atoms with E-state index in [1.807, 2.05) is 35.2 Å². The molecule has 4 saturated heterocycles. The summed E-state index contributed by atoms with van der Waals surface area (Å²) < 4.78 is 15.4. The maximum absolute atomic E-state index is 13.5. The standard InChI is InChI=1S/C27H38N6O2/c34-26(24-17-20-3-1-2-4-22(20)28-24)31-9-5-23-21(18-31)25-19-32(12-11-30-13-15-35-16-14-30)27(6-7-27)8-10-33(25)29-23/h1-4,17,21,23,25,28-29H,5-16,18-19H2/i25D. The lowest BCUT2D eigenvalue weighted by Crippen LogP contribution is -2.52. The summed E-state index contributed by atoms with van der Waals surface area (Å²) in [4.78, 5) is 24.0. The van der Waals surface area contributed by atoms with E-state index in [1.54, 1.807) is 0 Å². The number of nitrogens with one attached hydrogen (secondary N) is 2. The van der Waals surface area contributed by atoms with Crippen molar-refractivity contribution in [3.63, 3.8) is 0 Å². The molecular formula is C27H38N6O2. The smallest absolute Gasteiger partial charge is 0.270 e. The number of aromatic nitrogens is 1. The Morgan fingerprint density at radius 1 is 1.09 bits per heavy atom. The van der Waals surface area contributed by atoms with Crippen molar-refractivity contribution in [2.45, 2.75) is 43.3 Å². The van der Waals surface area contributed by atoms with Gasteiger partial charge < -0.3 is 14.6 Å². The van der Waals surface area contributed by atoms with E-state index < -0.39 is 6.02 Å². The third-order valence-corrected chi connectivity index (χ3v) is 9.20. The molecule has 3 unspecified atom stereocenters. The molecule has 0 bridgehead atoms. The van der Waals surface area contributed by atoms with Crippen LogP contribution in [0.1, 0.15) is 37.5 Å². The molecule has 5 aliphatic rings. The molecule has 2 N–H and O–H groups in total. The summed E-state index contributed by atoms with van der Waals surface area (Å²) in [5, 5.41) is 3.31. The number of nitrogens with zero attached hydrogens (tertiary/aromatic N) is 4. The quantitative estimate of drug-likeness (QED) is 0.697. The molecular weight excluding hydrogens is 440 g/mol. The van der Waals surface area contributed by atoms with Crippen LogP contribution in [0.5, 0.6) is 0 Å². The fraction of sp³-hybridized carbons (Fsp3) is 0.667. The third-order valence-electron chi connectivity index (χ3n) is 9.20. The molecule has 2 aromatic rings. The zero-order valence-electron chi connectivity index (χ0n) is 21.5. The van der Waals surface area contributed by atoms with Crippen molar-refractivity contribution in [1.82, 2.24) is 30.1 Å². The molecule has 8 nitrogen and oxygen atoms in total. The van der Waals surface area contributed by atoms with Gasteiger partial charge in [-0.1, -0.05) is 18.2 Å². The summed E-state index contributed by atoms with van der Waals surface area (Å²) in [6, 6.07) is 9.56. The zero-order chi connectivity index (χ0) is 24.3. The molecule has 1 saturated carbocycles. The lowest BCUT2D eigenvalue weighted by atomic mass is 9.87.